The fraction of sp³-hybridized carbons (Fsp3) is 0.333. The van der Waals surface area contributed by atoms with Crippen LogP contribution in [0.4, 0.5) is 0 Å². The maximum Gasteiger partial charge on any atom is 0.0961 e. The average molecular weight is 349 g/mol. The summed E-state index contributed by atoms with van der Waals surface area (Å²) in [6.45, 7) is 5.05. The molecule has 0 aliphatic rings. The van der Waals surface area contributed by atoms with Gasteiger partial charge in [-0.3, -0.25) is 0 Å². The van der Waals surface area contributed by atoms with E-state index in [0.29, 0.717) is 10.0 Å². The van der Waals surface area contributed by atoms with Crippen LogP contribution >= 0.6 is 46.1 Å². The number of thiophene rings is 1. The molecule has 1 heterocycles. The number of benzene rings is 1. The van der Waals surface area contributed by atoms with Gasteiger partial charge >= 0.3 is 0 Å². The maximum absolute atomic E-state index is 6.36. The molecule has 0 fully saturated rings. The molecular weight excluding hydrogens is 333 g/mol. The molecule has 0 radical (unpaired) electrons. The van der Waals surface area contributed by atoms with Crippen LogP contribution < -0.4 is 5.32 Å². The van der Waals surface area contributed by atoms with Crippen molar-refractivity contribution in [2.24, 2.45) is 0 Å². The molecule has 1 atom stereocenters. The summed E-state index contributed by atoms with van der Waals surface area (Å²) >= 11 is 20.3. The summed E-state index contributed by atoms with van der Waals surface area (Å²) in [5.41, 5.74) is 2.08. The van der Waals surface area contributed by atoms with Crippen molar-refractivity contribution >= 4 is 46.1 Å². The average Bonchev–Trinajstić information content (AvgIpc) is 2.74. The van der Waals surface area contributed by atoms with E-state index in [2.05, 4.69) is 18.3 Å². The van der Waals surface area contributed by atoms with Gasteiger partial charge in [-0.15, -0.1) is 11.3 Å². The summed E-state index contributed by atoms with van der Waals surface area (Å²) in [4.78, 5) is 1.16. The smallest absolute Gasteiger partial charge is 0.0961 e. The van der Waals surface area contributed by atoms with Gasteiger partial charge in [0, 0.05) is 4.88 Å². The summed E-state index contributed by atoms with van der Waals surface area (Å²) in [7, 11) is 0. The predicted molar refractivity (Wildman–Crippen MR) is 90.7 cm³/mol. The van der Waals surface area contributed by atoms with Crippen molar-refractivity contribution in [1.82, 2.24) is 5.32 Å². The first-order valence-electron chi connectivity index (χ1n) is 6.47. The van der Waals surface area contributed by atoms with Gasteiger partial charge in [0.15, 0.2) is 0 Å². The first-order valence-corrected chi connectivity index (χ1v) is 8.42. The fourth-order valence-corrected chi connectivity index (χ4v) is 3.75. The lowest BCUT2D eigenvalue weighted by Gasteiger charge is -2.19. The second-order valence-corrected chi connectivity index (χ2v) is 7.11. The van der Waals surface area contributed by atoms with Crippen LogP contribution in [0.15, 0.2) is 24.3 Å². The van der Waals surface area contributed by atoms with E-state index >= 15 is 0 Å². The van der Waals surface area contributed by atoms with E-state index in [1.165, 1.54) is 0 Å². The number of aryl methyl sites for hydroxylation is 1. The number of hydrogen-bond donors (Lipinski definition) is 1. The van der Waals surface area contributed by atoms with E-state index < -0.39 is 0 Å². The van der Waals surface area contributed by atoms with E-state index in [1.807, 2.05) is 19.1 Å². The van der Waals surface area contributed by atoms with Crippen molar-refractivity contribution < 1.29 is 0 Å². The molecule has 108 valence electrons. The van der Waals surface area contributed by atoms with Crippen molar-refractivity contribution in [2.75, 3.05) is 6.54 Å². The molecule has 0 aliphatic carbocycles. The largest absolute Gasteiger partial charge is 0.306 e. The summed E-state index contributed by atoms with van der Waals surface area (Å²) in [5.74, 6) is 0. The lowest BCUT2D eigenvalue weighted by atomic mass is 10.0. The van der Waals surface area contributed by atoms with Gasteiger partial charge in [0.25, 0.3) is 0 Å². The van der Waals surface area contributed by atoms with Gasteiger partial charge < -0.3 is 5.32 Å². The molecule has 1 nitrogen and oxygen atoms in total. The van der Waals surface area contributed by atoms with Gasteiger partial charge in [0.05, 0.1) is 20.4 Å². The molecule has 1 unspecified atom stereocenters. The summed E-state index contributed by atoms with van der Waals surface area (Å²) in [6, 6.07) is 7.86. The molecule has 0 bridgehead atoms. The minimum absolute atomic E-state index is 0.0253. The third kappa shape index (κ3) is 3.49. The summed E-state index contributed by atoms with van der Waals surface area (Å²) in [5, 5.41) is 4.70. The van der Waals surface area contributed by atoms with Gasteiger partial charge in [0.2, 0.25) is 0 Å². The molecule has 2 aromatic rings. The number of nitrogens with one attached hydrogen (secondary N) is 1. The van der Waals surface area contributed by atoms with Crippen LogP contribution in [0.25, 0.3) is 0 Å². The monoisotopic (exact) mass is 347 g/mol. The molecule has 0 saturated heterocycles. The van der Waals surface area contributed by atoms with Crippen LogP contribution in [0.2, 0.25) is 14.4 Å². The molecule has 1 aromatic heterocycles. The molecule has 20 heavy (non-hydrogen) atoms. The van der Waals surface area contributed by atoms with Gasteiger partial charge in [-0.05, 0) is 43.1 Å². The Labute approximate surface area is 138 Å². The first kappa shape index (κ1) is 16.1. The Bertz CT molecular complexity index is 575. The van der Waals surface area contributed by atoms with Crippen LogP contribution in [0.1, 0.15) is 35.4 Å². The normalized spacial score (nSPS) is 12.7. The highest BCUT2D eigenvalue weighted by Crippen LogP contribution is 2.38. The van der Waals surface area contributed by atoms with Crippen molar-refractivity contribution in [3.63, 3.8) is 0 Å². The minimum atomic E-state index is 0.0253. The lowest BCUT2D eigenvalue weighted by molar-refractivity contribution is 0.606. The van der Waals surface area contributed by atoms with Crippen LogP contribution in [0, 0.1) is 6.92 Å². The molecule has 0 saturated carbocycles. The Balaban J connectivity index is 2.44. The third-order valence-corrected chi connectivity index (χ3v) is 5.51. The van der Waals surface area contributed by atoms with Crippen molar-refractivity contribution in [3.8, 4) is 0 Å². The SMILES string of the molecule is CCCNC(c1cc(C)c(Cl)s1)c1cccc(Cl)c1Cl. The van der Waals surface area contributed by atoms with E-state index in [9.17, 15) is 0 Å². The maximum atomic E-state index is 6.36. The molecule has 0 aliphatic heterocycles. The number of halogens is 3. The number of rotatable bonds is 5. The highest BCUT2D eigenvalue weighted by atomic mass is 35.5. The van der Waals surface area contributed by atoms with E-state index in [1.54, 1.807) is 17.4 Å². The fourth-order valence-electron chi connectivity index (χ4n) is 2.02. The third-order valence-electron chi connectivity index (χ3n) is 3.05. The minimum Gasteiger partial charge on any atom is -0.306 e. The van der Waals surface area contributed by atoms with Crippen LogP contribution in [-0.4, -0.2) is 6.54 Å². The number of hydrogen-bond acceptors (Lipinski definition) is 2. The van der Waals surface area contributed by atoms with Crippen molar-refractivity contribution in [2.45, 2.75) is 26.3 Å². The molecule has 0 spiro atoms. The van der Waals surface area contributed by atoms with E-state index in [4.69, 9.17) is 34.8 Å². The summed E-state index contributed by atoms with van der Waals surface area (Å²) in [6.07, 6.45) is 1.05. The molecule has 5 heteroatoms. The van der Waals surface area contributed by atoms with Gasteiger partial charge in [0.1, 0.15) is 0 Å². The Morgan fingerprint density at radius 2 is 2.00 bits per heavy atom. The Hall–Kier alpha value is -0.250. The van der Waals surface area contributed by atoms with Gasteiger partial charge in [-0.2, -0.15) is 0 Å². The highest BCUT2D eigenvalue weighted by Gasteiger charge is 2.20. The van der Waals surface area contributed by atoms with Crippen molar-refractivity contribution in [1.29, 1.82) is 0 Å². The standard InChI is InChI=1S/C15H16Cl3NS/c1-3-7-19-14(12-8-9(2)15(18)20-12)10-5-4-6-11(16)13(10)17/h4-6,8,14,19H,3,7H2,1-2H3. The zero-order valence-electron chi connectivity index (χ0n) is 11.3. The second kappa shape index (κ2) is 7.15. The van der Waals surface area contributed by atoms with Crippen LogP contribution in [0.3, 0.4) is 0 Å². The highest BCUT2D eigenvalue weighted by molar-refractivity contribution is 7.16. The molecule has 1 N–H and O–H groups in total. The van der Waals surface area contributed by atoms with Crippen LogP contribution in [-0.2, 0) is 0 Å². The first-order chi connectivity index (χ1) is 9.54. The lowest BCUT2D eigenvalue weighted by Crippen LogP contribution is -2.22. The quantitative estimate of drug-likeness (QED) is 0.687. The molecule has 2 rings (SSSR count). The van der Waals surface area contributed by atoms with Crippen molar-refractivity contribution in [3.05, 3.63) is 54.7 Å². The van der Waals surface area contributed by atoms with Gasteiger partial charge in [-0.25, -0.2) is 0 Å². The van der Waals surface area contributed by atoms with E-state index in [0.717, 1.165) is 33.3 Å². The zero-order chi connectivity index (χ0) is 14.7. The van der Waals surface area contributed by atoms with Crippen LogP contribution in [0.5, 0.6) is 0 Å². The zero-order valence-corrected chi connectivity index (χ0v) is 14.4. The Morgan fingerprint density at radius 1 is 1.25 bits per heavy atom. The topological polar surface area (TPSA) is 12.0 Å². The molecule has 1 aromatic carbocycles. The Morgan fingerprint density at radius 3 is 2.60 bits per heavy atom. The molecular formula is C15H16Cl3NS. The van der Waals surface area contributed by atoms with E-state index in [-0.39, 0.29) is 6.04 Å². The van der Waals surface area contributed by atoms with Gasteiger partial charge in [-0.1, -0.05) is 53.9 Å². The second-order valence-electron chi connectivity index (χ2n) is 4.64. The molecule has 0 amide bonds. The predicted octanol–water partition coefficient (Wildman–Crippen LogP) is 6.11. The Kier molecular flexibility index (Phi) is 5.76. The summed E-state index contributed by atoms with van der Waals surface area (Å²) < 4.78 is 0.821.